The average Bonchev–Trinajstić information content (AvgIpc) is 2.27. The summed E-state index contributed by atoms with van der Waals surface area (Å²) in [7, 11) is 0. The highest BCUT2D eigenvalue weighted by Crippen LogP contribution is 2.17. The van der Waals surface area contributed by atoms with E-state index in [0.29, 0.717) is 17.4 Å². The van der Waals surface area contributed by atoms with Crippen molar-refractivity contribution in [1.29, 1.82) is 0 Å². The summed E-state index contributed by atoms with van der Waals surface area (Å²) in [4.78, 5) is 14.2. The number of pyridine rings is 1. The van der Waals surface area contributed by atoms with Crippen LogP contribution in [-0.2, 0) is 0 Å². The number of carbonyl (C=O) groups is 1. The summed E-state index contributed by atoms with van der Waals surface area (Å²) in [6, 6.07) is 1.48. The van der Waals surface area contributed by atoms with Crippen LogP contribution < -0.4 is 0 Å². The van der Waals surface area contributed by atoms with Crippen LogP contribution >= 0.6 is 12.6 Å². The number of aromatic nitrogens is 1. The summed E-state index contributed by atoms with van der Waals surface area (Å²) in [5.74, 6) is 0.145. The van der Waals surface area contributed by atoms with E-state index in [2.05, 4.69) is 17.6 Å². The van der Waals surface area contributed by atoms with Gasteiger partial charge in [-0.2, -0.15) is 12.6 Å². The molecule has 14 heavy (non-hydrogen) atoms. The third kappa shape index (κ3) is 2.54. The summed E-state index contributed by atoms with van der Waals surface area (Å²) in [6.45, 7) is 0. The zero-order valence-electron chi connectivity index (χ0n) is 7.37. The average molecular weight is 213 g/mol. The molecule has 0 aliphatic heterocycles. The molecule has 1 rings (SSSR count). The molecule has 0 aromatic carbocycles. The topological polar surface area (TPSA) is 70.4 Å². The highest BCUT2D eigenvalue weighted by atomic mass is 32.1. The van der Waals surface area contributed by atoms with Crippen molar-refractivity contribution < 1.29 is 15.0 Å². The highest BCUT2D eigenvalue weighted by Gasteiger charge is 2.17. The molecular weight excluding hydrogens is 202 g/mol. The molecule has 0 spiro atoms. The summed E-state index contributed by atoms with van der Waals surface area (Å²) in [5.41, 5.74) is 0.782. The SMILES string of the molecule is O=Cc1cncc(C(O)C(O)CS)c1. The molecule has 4 nitrogen and oxygen atoms in total. The molecule has 0 amide bonds. The lowest BCUT2D eigenvalue weighted by Crippen LogP contribution is -2.20. The van der Waals surface area contributed by atoms with Crippen LogP contribution in [0.15, 0.2) is 18.5 Å². The van der Waals surface area contributed by atoms with E-state index >= 15 is 0 Å². The molecule has 0 bridgehead atoms. The minimum Gasteiger partial charge on any atom is -0.389 e. The molecule has 1 aromatic heterocycles. The van der Waals surface area contributed by atoms with Crippen molar-refractivity contribution in [2.24, 2.45) is 0 Å². The molecule has 0 saturated heterocycles. The molecule has 2 atom stereocenters. The van der Waals surface area contributed by atoms with Gasteiger partial charge >= 0.3 is 0 Å². The number of nitrogens with zero attached hydrogens (tertiary/aromatic N) is 1. The Morgan fingerprint density at radius 1 is 1.50 bits per heavy atom. The van der Waals surface area contributed by atoms with Crippen LogP contribution in [0.5, 0.6) is 0 Å². The van der Waals surface area contributed by atoms with Gasteiger partial charge in [0.05, 0.1) is 6.10 Å². The van der Waals surface area contributed by atoms with E-state index in [1.807, 2.05) is 0 Å². The van der Waals surface area contributed by atoms with E-state index < -0.39 is 12.2 Å². The van der Waals surface area contributed by atoms with Gasteiger partial charge in [0.15, 0.2) is 6.29 Å². The Hall–Kier alpha value is -0.910. The van der Waals surface area contributed by atoms with Crippen LogP contribution in [0.2, 0.25) is 0 Å². The third-order valence-electron chi connectivity index (χ3n) is 1.81. The fourth-order valence-corrected chi connectivity index (χ4v) is 1.22. The lowest BCUT2D eigenvalue weighted by atomic mass is 10.1. The first-order valence-electron chi connectivity index (χ1n) is 4.06. The van der Waals surface area contributed by atoms with E-state index in [-0.39, 0.29) is 5.75 Å². The number of hydrogen-bond donors (Lipinski definition) is 3. The van der Waals surface area contributed by atoms with Gasteiger partial charge < -0.3 is 10.2 Å². The first-order valence-corrected chi connectivity index (χ1v) is 4.69. The van der Waals surface area contributed by atoms with Crippen molar-refractivity contribution in [3.05, 3.63) is 29.6 Å². The molecule has 1 heterocycles. The van der Waals surface area contributed by atoms with Crippen molar-refractivity contribution in [1.82, 2.24) is 4.98 Å². The maximum Gasteiger partial charge on any atom is 0.151 e. The summed E-state index contributed by atoms with van der Waals surface area (Å²) >= 11 is 3.85. The number of aliphatic hydroxyl groups excluding tert-OH is 2. The fraction of sp³-hybridized carbons (Fsp3) is 0.333. The molecule has 76 valence electrons. The molecule has 2 unspecified atom stereocenters. The second-order valence-corrected chi connectivity index (χ2v) is 3.23. The van der Waals surface area contributed by atoms with Crippen LogP contribution in [0.25, 0.3) is 0 Å². The molecule has 5 heteroatoms. The number of hydrogen-bond acceptors (Lipinski definition) is 5. The zero-order valence-corrected chi connectivity index (χ0v) is 8.26. The number of carbonyl (C=O) groups excluding carboxylic acids is 1. The number of aliphatic hydroxyl groups is 2. The monoisotopic (exact) mass is 213 g/mol. The number of aldehydes is 1. The third-order valence-corrected chi connectivity index (χ3v) is 2.18. The van der Waals surface area contributed by atoms with E-state index in [0.717, 1.165) is 0 Å². The Labute approximate surface area is 87.0 Å². The van der Waals surface area contributed by atoms with E-state index in [1.54, 1.807) is 0 Å². The molecule has 0 radical (unpaired) electrons. The molecule has 1 aromatic rings. The molecule has 2 N–H and O–H groups in total. The van der Waals surface area contributed by atoms with Crippen molar-refractivity contribution in [3.63, 3.8) is 0 Å². The molecule has 0 aliphatic carbocycles. The van der Waals surface area contributed by atoms with Gasteiger partial charge in [0.2, 0.25) is 0 Å². The van der Waals surface area contributed by atoms with Gasteiger partial charge in [-0.3, -0.25) is 9.78 Å². The van der Waals surface area contributed by atoms with Crippen molar-refractivity contribution in [2.45, 2.75) is 12.2 Å². The summed E-state index contributed by atoms with van der Waals surface area (Å²) in [5, 5.41) is 18.9. The van der Waals surface area contributed by atoms with Gasteiger partial charge in [-0.05, 0) is 6.07 Å². The summed E-state index contributed by atoms with van der Waals surface area (Å²) < 4.78 is 0. The van der Waals surface area contributed by atoms with Crippen molar-refractivity contribution in [2.75, 3.05) is 5.75 Å². The Kier molecular flexibility index (Phi) is 4.06. The van der Waals surface area contributed by atoms with Gasteiger partial charge in [-0.1, -0.05) is 0 Å². The van der Waals surface area contributed by atoms with Crippen LogP contribution in [0, 0.1) is 0 Å². The molecule has 0 saturated carbocycles. The van der Waals surface area contributed by atoms with E-state index in [9.17, 15) is 15.0 Å². The predicted molar refractivity (Wildman–Crippen MR) is 54.4 cm³/mol. The van der Waals surface area contributed by atoms with Crippen molar-refractivity contribution in [3.8, 4) is 0 Å². The predicted octanol–water partition coefficient (Wildman–Crippen LogP) is 0.218. The second-order valence-electron chi connectivity index (χ2n) is 2.86. The Balaban J connectivity index is 2.89. The van der Waals surface area contributed by atoms with Crippen LogP contribution in [0.4, 0.5) is 0 Å². The van der Waals surface area contributed by atoms with Crippen molar-refractivity contribution >= 4 is 18.9 Å². The smallest absolute Gasteiger partial charge is 0.151 e. The van der Waals surface area contributed by atoms with Gasteiger partial charge in [0.1, 0.15) is 6.10 Å². The zero-order chi connectivity index (χ0) is 10.6. The summed E-state index contributed by atoms with van der Waals surface area (Å²) in [6.07, 6.45) is 1.42. The lowest BCUT2D eigenvalue weighted by molar-refractivity contribution is 0.0335. The Morgan fingerprint density at radius 3 is 2.79 bits per heavy atom. The first kappa shape index (κ1) is 11.2. The number of rotatable bonds is 4. The minimum absolute atomic E-state index is 0.145. The molecular formula is C9H11NO3S. The Bertz CT molecular complexity index is 319. The number of thiol groups is 1. The molecule has 0 aliphatic rings. The second kappa shape index (κ2) is 5.09. The van der Waals surface area contributed by atoms with Gasteiger partial charge in [0, 0.05) is 29.3 Å². The van der Waals surface area contributed by atoms with E-state index in [1.165, 1.54) is 18.5 Å². The maximum absolute atomic E-state index is 10.4. The first-order chi connectivity index (χ1) is 6.69. The van der Waals surface area contributed by atoms with Gasteiger partial charge in [0.25, 0.3) is 0 Å². The fourth-order valence-electron chi connectivity index (χ4n) is 1.02. The largest absolute Gasteiger partial charge is 0.389 e. The quantitative estimate of drug-likeness (QED) is 0.494. The van der Waals surface area contributed by atoms with Crippen LogP contribution in [0.3, 0.4) is 0 Å². The standard InChI is InChI=1S/C9H11NO3S/c11-4-6-1-7(3-10-2-6)9(13)8(12)5-14/h1-4,8-9,12-14H,5H2. The van der Waals surface area contributed by atoms with Gasteiger partial charge in [-0.25, -0.2) is 0 Å². The van der Waals surface area contributed by atoms with E-state index in [4.69, 9.17) is 0 Å². The van der Waals surface area contributed by atoms with Crippen LogP contribution in [-0.4, -0.2) is 33.3 Å². The molecule has 0 fully saturated rings. The lowest BCUT2D eigenvalue weighted by Gasteiger charge is -2.15. The van der Waals surface area contributed by atoms with Gasteiger partial charge in [-0.15, -0.1) is 0 Å². The minimum atomic E-state index is -1.06. The van der Waals surface area contributed by atoms with Crippen LogP contribution in [0.1, 0.15) is 22.0 Å². The Morgan fingerprint density at radius 2 is 2.21 bits per heavy atom. The maximum atomic E-state index is 10.4. The normalized spacial score (nSPS) is 14.8. The highest BCUT2D eigenvalue weighted by molar-refractivity contribution is 7.80.